The van der Waals surface area contributed by atoms with Crippen LogP contribution in [-0.2, 0) is 16.3 Å². The summed E-state index contributed by atoms with van der Waals surface area (Å²) in [5.41, 5.74) is 6.74. The number of anilines is 1. The van der Waals surface area contributed by atoms with Gasteiger partial charge in [-0.05, 0) is 30.2 Å². The van der Waals surface area contributed by atoms with Gasteiger partial charge in [0.15, 0.2) is 9.84 Å². The molecule has 0 spiro atoms. The number of aromatic nitrogens is 2. The van der Waals surface area contributed by atoms with Crippen LogP contribution in [-0.4, -0.2) is 24.1 Å². The van der Waals surface area contributed by atoms with Crippen molar-refractivity contribution in [3.05, 3.63) is 48.5 Å². The number of aryl methyl sites for hydroxylation is 1. The Morgan fingerprint density at radius 2 is 1.72 bits per heavy atom. The van der Waals surface area contributed by atoms with Crippen LogP contribution >= 0.6 is 0 Å². The van der Waals surface area contributed by atoms with Crippen LogP contribution in [0, 0.1) is 0 Å². The van der Waals surface area contributed by atoms with E-state index in [1.807, 2.05) is 0 Å². The van der Waals surface area contributed by atoms with Crippen LogP contribution in [0.3, 0.4) is 0 Å². The first-order valence-electron chi connectivity index (χ1n) is 5.41. The van der Waals surface area contributed by atoms with Crippen LogP contribution < -0.4 is 5.73 Å². The average molecular weight is 263 g/mol. The smallest absolute Gasteiger partial charge is 0.180 e. The van der Waals surface area contributed by atoms with Gasteiger partial charge in [0, 0.05) is 18.6 Å². The van der Waals surface area contributed by atoms with Crippen molar-refractivity contribution in [3.63, 3.8) is 0 Å². The maximum Gasteiger partial charge on any atom is 0.180 e. The van der Waals surface area contributed by atoms with Crippen molar-refractivity contribution >= 4 is 15.5 Å². The Morgan fingerprint density at radius 1 is 1.06 bits per heavy atom. The second-order valence-corrected chi connectivity index (χ2v) is 5.92. The van der Waals surface area contributed by atoms with Gasteiger partial charge in [-0.25, -0.2) is 8.42 Å². The molecule has 0 bridgehead atoms. The van der Waals surface area contributed by atoms with Crippen molar-refractivity contribution < 1.29 is 8.42 Å². The summed E-state index contributed by atoms with van der Waals surface area (Å²) in [5.74, 6) is 0.0191. The monoisotopic (exact) mass is 263 g/mol. The van der Waals surface area contributed by atoms with E-state index < -0.39 is 9.84 Å². The Hall–Kier alpha value is -1.95. The van der Waals surface area contributed by atoms with Crippen LogP contribution in [0.2, 0.25) is 0 Å². The first-order chi connectivity index (χ1) is 8.59. The first-order valence-corrected chi connectivity index (χ1v) is 7.06. The van der Waals surface area contributed by atoms with Crippen LogP contribution in [0.15, 0.2) is 47.9 Å². The van der Waals surface area contributed by atoms with Crippen LogP contribution in [0.1, 0.15) is 5.56 Å². The summed E-state index contributed by atoms with van der Waals surface area (Å²) in [7, 11) is -3.37. The summed E-state index contributed by atoms with van der Waals surface area (Å²) in [4.78, 5) is 7.81. The van der Waals surface area contributed by atoms with E-state index in [1.165, 1.54) is 18.5 Å². The van der Waals surface area contributed by atoms with Gasteiger partial charge in [0.05, 0.1) is 22.5 Å². The molecule has 0 atom stereocenters. The molecule has 2 aromatic rings. The molecule has 0 fully saturated rings. The summed E-state index contributed by atoms with van der Waals surface area (Å²) in [5, 5.41) is 0. The molecule has 0 aliphatic carbocycles. The topological polar surface area (TPSA) is 85.9 Å². The molecule has 2 N–H and O–H groups in total. The summed E-state index contributed by atoms with van der Waals surface area (Å²) < 4.78 is 24.2. The van der Waals surface area contributed by atoms with E-state index in [1.54, 1.807) is 24.5 Å². The summed E-state index contributed by atoms with van der Waals surface area (Å²) in [6.07, 6.45) is 6.49. The molecule has 5 nitrogen and oxygen atoms in total. The van der Waals surface area contributed by atoms with Crippen LogP contribution in [0.25, 0.3) is 0 Å². The van der Waals surface area contributed by atoms with Crippen molar-refractivity contribution in [2.45, 2.75) is 11.3 Å². The zero-order valence-corrected chi connectivity index (χ0v) is 10.5. The molecule has 94 valence electrons. The summed E-state index contributed by atoms with van der Waals surface area (Å²) >= 11 is 0. The molecule has 18 heavy (non-hydrogen) atoms. The van der Waals surface area contributed by atoms with E-state index in [2.05, 4.69) is 9.97 Å². The molecule has 0 saturated heterocycles. The normalized spacial score (nSPS) is 11.3. The SMILES string of the molecule is Nc1cnccc1S(=O)(=O)CCc1ccncc1. The summed E-state index contributed by atoms with van der Waals surface area (Å²) in [6.45, 7) is 0. The highest BCUT2D eigenvalue weighted by molar-refractivity contribution is 7.91. The Morgan fingerprint density at radius 3 is 2.39 bits per heavy atom. The van der Waals surface area contributed by atoms with Gasteiger partial charge in [-0.1, -0.05) is 0 Å². The second kappa shape index (κ2) is 5.14. The van der Waals surface area contributed by atoms with Crippen LogP contribution in [0.5, 0.6) is 0 Å². The predicted octanol–water partition coefficient (Wildman–Crippen LogP) is 1.08. The number of nitrogens with zero attached hydrogens (tertiary/aromatic N) is 2. The van der Waals surface area contributed by atoms with E-state index in [0.717, 1.165) is 5.56 Å². The lowest BCUT2D eigenvalue weighted by atomic mass is 10.2. The number of hydrogen-bond acceptors (Lipinski definition) is 5. The molecule has 0 saturated carbocycles. The zero-order valence-electron chi connectivity index (χ0n) is 9.65. The van der Waals surface area contributed by atoms with Crippen molar-refractivity contribution in [1.82, 2.24) is 9.97 Å². The van der Waals surface area contributed by atoms with Gasteiger partial charge in [-0.15, -0.1) is 0 Å². The molecule has 2 rings (SSSR count). The van der Waals surface area contributed by atoms with Gasteiger partial charge < -0.3 is 5.73 Å². The molecule has 6 heteroatoms. The maximum atomic E-state index is 12.1. The van der Waals surface area contributed by atoms with E-state index >= 15 is 0 Å². The third-order valence-electron chi connectivity index (χ3n) is 2.55. The standard InChI is InChI=1S/C12H13N3O2S/c13-11-9-15-7-3-12(11)18(16,17)8-4-10-1-5-14-6-2-10/h1-3,5-7,9H,4,8,13H2. The van der Waals surface area contributed by atoms with Crippen molar-refractivity contribution in [2.75, 3.05) is 11.5 Å². The maximum absolute atomic E-state index is 12.1. The van der Waals surface area contributed by atoms with Gasteiger partial charge in [0.1, 0.15) is 0 Å². The molecule has 0 aliphatic heterocycles. The molecule has 0 unspecified atom stereocenters. The Kier molecular flexibility index (Phi) is 3.57. The highest BCUT2D eigenvalue weighted by Crippen LogP contribution is 2.18. The van der Waals surface area contributed by atoms with E-state index in [0.29, 0.717) is 6.42 Å². The number of nitrogen functional groups attached to an aromatic ring is 1. The minimum absolute atomic E-state index is 0.0191. The molecule has 0 amide bonds. The van der Waals surface area contributed by atoms with E-state index in [-0.39, 0.29) is 16.3 Å². The lowest BCUT2D eigenvalue weighted by molar-refractivity contribution is 0.595. The molecule has 0 aromatic carbocycles. The molecule has 0 aliphatic rings. The fourth-order valence-corrected chi connectivity index (χ4v) is 2.99. The molecular weight excluding hydrogens is 250 g/mol. The number of nitrogens with two attached hydrogens (primary N) is 1. The first kappa shape index (κ1) is 12.5. The largest absolute Gasteiger partial charge is 0.396 e. The van der Waals surface area contributed by atoms with Gasteiger partial charge in [-0.3, -0.25) is 9.97 Å². The van der Waals surface area contributed by atoms with Crippen molar-refractivity contribution in [2.24, 2.45) is 0 Å². The predicted molar refractivity (Wildman–Crippen MR) is 68.6 cm³/mol. The van der Waals surface area contributed by atoms with Gasteiger partial charge >= 0.3 is 0 Å². The lowest BCUT2D eigenvalue weighted by Gasteiger charge is -2.06. The third-order valence-corrected chi connectivity index (χ3v) is 4.34. The Bertz CT molecular complexity index is 627. The number of hydrogen-bond donors (Lipinski definition) is 1. The minimum Gasteiger partial charge on any atom is -0.396 e. The quantitative estimate of drug-likeness (QED) is 0.891. The second-order valence-electron chi connectivity index (χ2n) is 3.84. The zero-order chi connectivity index (χ0) is 13.0. The average Bonchev–Trinajstić information content (AvgIpc) is 2.38. The van der Waals surface area contributed by atoms with E-state index in [9.17, 15) is 8.42 Å². The minimum atomic E-state index is -3.37. The molecule has 0 radical (unpaired) electrons. The highest BCUT2D eigenvalue weighted by atomic mass is 32.2. The molecule has 2 aromatic heterocycles. The van der Waals surface area contributed by atoms with Crippen LogP contribution in [0.4, 0.5) is 5.69 Å². The van der Waals surface area contributed by atoms with Crippen molar-refractivity contribution in [1.29, 1.82) is 0 Å². The Balaban J connectivity index is 2.16. The summed E-state index contributed by atoms with van der Waals surface area (Å²) in [6, 6.07) is 5.02. The highest BCUT2D eigenvalue weighted by Gasteiger charge is 2.17. The number of rotatable bonds is 4. The number of sulfone groups is 1. The Labute approximate surface area is 106 Å². The van der Waals surface area contributed by atoms with E-state index in [4.69, 9.17) is 5.73 Å². The van der Waals surface area contributed by atoms with Crippen molar-refractivity contribution in [3.8, 4) is 0 Å². The van der Waals surface area contributed by atoms with Gasteiger partial charge in [0.2, 0.25) is 0 Å². The lowest BCUT2D eigenvalue weighted by Crippen LogP contribution is -2.11. The fraction of sp³-hybridized carbons (Fsp3) is 0.167. The molecule has 2 heterocycles. The molecular formula is C12H13N3O2S. The van der Waals surface area contributed by atoms with Gasteiger partial charge in [0.25, 0.3) is 0 Å². The van der Waals surface area contributed by atoms with Gasteiger partial charge in [-0.2, -0.15) is 0 Å². The number of pyridine rings is 2. The fourth-order valence-electron chi connectivity index (χ4n) is 1.59. The third kappa shape index (κ3) is 2.84.